The largest absolute Gasteiger partial charge is 0.354 e. The highest BCUT2D eigenvalue weighted by atomic mass is 16.6. The van der Waals surface area contributed by atoms with E-state index in [0.717, 1.165) is 5.39 Å². The van der Waals surface area contributed by atoms with Gasteiger partial charge in [0.25, 0.3) is 0 Å². The van der Waals surface area contributed by atoms with Crippen molar-refractivity contribution < 1.29 is 9.85 Å². The number of aromatic nitrogens is 1. The SMILES string of the molecule is O=[N+]([O-])c1cc2nc3ccccc3cc2c(-c2ccccc2)c1[N+](=O)[O-]. The zero-order valence-electron chi connectivity index (χ0n) is 13.3. The Balaban J connectivity index is 2.24. The molecule has 0 atom stereocenters. The number of hydrogen-bond acceptors (Lipinski definition) is 5. The van der Waals surface area contributed by atoms with Crippen molar-refractivity contribution in [2.75, 3.05) is 0 Å². The fourth-order valence-electron chi connectivity index (χ4n) is 3.12. The topological polar surface area (TPSA) is 99.2 Å². The predicted molar refractivity (Wildman–Crippen MR) is 98.0 cm³/mol. The lowest BCUT2D eigenvalue weighted by Crippen LogP contribution is -2.01. The van der Waals surface area contributed by atoms with Gasteiger partial charge < -0.3 is 0 Å². The van der Waals surface area contributed by atoms with Gasteiger partial charge >= 0.3 is 11.4 Å². The average molecular weight is 345 g/mol. The van der Waals surface area contributed by atoms with E-state index in [1.54, 1.807) is 42.5 Å². The summed E-state index contributed by atoms with van der Waals surface area (Å²) in [5.41, 5.74) is 0.667. The van der Waals surface area contributed by atoms with E-state index in [4.69, 9.17) is 0 Å². The number of hydrogen-bond donors (Lipinski definition) is 0. The maximum Gasteiger partial charge on any atom is 0.354 e. The van der Waals surface area contributed by atoms with Crippen LogP contribution in [0.4, 0.5) is 11.4 Å². The number of nitro groups is 2. The fourth-order valence-corrected chi connectivity index (χ4v) is 3.12. The molecule has 1 heterocycles. The highest BCUT2D eigenvalue weighted by molar-refractivity contribution is 6.06. The molecule has 1 aromatic heterocycles. The van der Waals surface area contributed by atoms with E-state index in [1.807, 2.05) is 18.2 Å². The molecular formula is C19H11N3O4. The number of nitrogens with zero attached hydrogens (tertiary/aromatic N) is 3. The van der Waals surface area contributed by atoms with Crippen LogP contribution in [0.5, 0.6) is 0 Å². The third-order valence-electron chi connectivity index (χ3n) is 4.22. The number of para-hydroxylation sites is 1. The molecule has 0 aliphatic carbocycles. The van der Waals surface area contributed by atoms with Gasteiger partial charge in [-0.3, -0.25) is 20.2 Å². The van der Waals surface area contributed by atoms with Crippen LogP contribution in [0.3, 0.4) is 0 Å². The maximum absolute atomic E-state index is 11.7. The lowest BCUT2D eigenvalue weighted by Gasteiger charge is -2.09. The summed E-state index contributed by atoms with van der Waals surface area (Å²) in [7, 11) is 0. The first kappa shape index (κ1) is 15.6. The Morgan fingerprint density at radius 2 is 1.46 bits per heavy atom. The minimum atomic E-state index is -0.735. The number of pyridine rings is 1. The Labute approximate surface area is 146 Å². The van der Waals surface area contributed by atoms with E-state index in [1.165, 1.54) is 6.07 Å². The van der Waals surface area contributed by atoms with Crippen molar-refractivity contribution in [3.63, 3.8) is 0 Å². The van der Waals surface area contributed by atoms with E-state index in [2.05, 4.69) is 4.98 Å². The van der Waals surface area contributed by atoms with Crippen molar-refractivity contribution in [1.82, 2.24) is 4.98 Å². The van der Waals surface area contributed by atoms with Gasteiger partial charge in [0.15, 0.2) is 0 Å². The Bertz CT molecular complexity index is 1190. The van der Waals surface area contributed by atoms with Crippen LogP contribution in [0, 0.1) is 20.2 Å². The van der Waals surface area contributed by atoms with Crippen LogP contribution < -0.4 is 0 Å². The van der Waals surface area contributed by atoms with Crippen molar-refractivity contribution in [2.24, 2.45) is 0 Å². The van der Waals surface area contributed by atoms with Gasteiger partial charge in [0.05, 0.1) is 26.4 Å². The molecule has 0 radical (unpaired) electrons. The summed E-state index contributed by atoms with van der Waals surface area (Å²) in [6.07, 6.45) is 0. The molecule has 0 spiro atoms. The molecule has 26 heavy (non-hydrogen) atoms. The molecule has 0 saturated heterocycles. The molecule has 0 saturated carbocycles. The molecule has 3 aromatic carbocycles. The van der Waals surface area contributed by atoms with Crippen molar-refractivity contribution in [2.45, 2.75) is 0 Å². The van der Waals surface area contributed by atoms with Crippen LogP contribution in [0.2, 0.25) is 0 Å². The molecule has 7 heteroatoms. The second kappa shape index (κ2) is 5.89. The molecule has 0 aliphatic rings. The van der Waals surface area contributed by atoms with Crippen molar-refractivity contribution in [3.8, 4) is 11.1 Å². The van der Waals surface area contributed by atoms with E-state index >= 15 is 0 Å². The van der Waals surface area contributed by atoms with Crippen molar-refractivity contribution in [3.05, 3.63) is 87.0 Å². The number of fused-ring (bicyclic) bond motifs is 2. The molecule has 0 unspecified atom stereocenters. The predicted octanol–water partition coefficient (Wildman–Crippen LogP) is 4.87. The van der Waals surface area contributed by atoms with E-state index in [-0.39, 0.29) is 5.56 Å². The molecular weight excluding hydrogens is 334 g/mol. The Kier molecular flexibility index (Phi) is 3.54. The molecule has 0 fully saturated rings. The summed E-state index contributed by atoms with van der Waals surface area (Å²) in [5, 5.41) is 24.5. The summed E-state index contributed by atoms with van der Waals surface area (Å²) >= 11 is 0. The van der Waals surface area contributed by atoms with E-state index in [0.29, 0.717) is 22.0 Å². The molecule has 126 valence electrons. The third kappa shape index (κ3) is 2.42. The van der Waals surface area contributed by atoms with E-state index < -0.39 is 21.2 Å². The van der Waals surface area contributed by atoms with Gasteiger partial charge in [0.1, 0.15) is 0 Å². The normalized spacial score (nSPS) is 10.9. The van der Waals surface area contributed by atoms with Gasteiger partial charge in [-0.1, -0.05) is 48.5 Å². The highest BCUT2D eigenvalue weighted by Crippen LogP contribution is 2.43. The second-order valence-electron chi connectivity index (χ2n) is 5.75. The number of benzene rings is 3. The summed E-state index contributed by atoms with van der Waals surface area (Å²) in [4.78, 5) is 26.2. The van der Waals surface area contributed by atoms with Crippen molar-refractivity contribution in [1.29, 1.82) is 0 Å². The summed E-state index contributed by atoms with van der Waals surface area (Å²) in [6, 6.07) is 18.9. The maximum atomic E-state index is 11.7. The molecule has 4 rings (SSSR count). The summed E-state index contributed by atoms with van der Waals surface area (Å²) in [6.45, 7) is 0. The molecule has 0 aliphatic heterocycles. The van der Waals surface area contributed by atoms with Gasteiger partial charge in [0.2, 0.25) is 0 Å². The first-order chi connectivity index (χ1) is 12.6. The Hall–Kier alpha value is -3.87. The fraction of sp³-hybridized carbons (Fsp3) is 0. The van der Waals surface area contributed by atoms with Crippen LogP contribution >= 0.6 is 0 Å². The summed E-state index contributed by atoms with van der Waals surface area (Å²) < 4.78 is 0. The van der Waals surface area contributed by atoms with Gasteiger partial charge in [-0.25, -0.2) is 4.98 Å². The molecule has 0 amide bonds. The van der Waals surface area contributed by atoms with Crippen LogP contribution in [-0.4, -0.2) is 14.8 Å². The van der Waals surface area contributed by atoms with Crippen LogP contribution in [0.15, 0.2) is 66.7 Å². The highest BCUT2D eigenvalue weighted by Gasteiger charge is 2.32. The van der Waals surface area contributed by atoms with Gasteiger partial charge in [-0.15, -0.1) is 0 Å². The minimum Gasteiger partial charge on any atom is -0.258 e. The minimum absolute atomic E-state index is 0.207. The quantitative estimate of drug-likeness (QED) is 0.299. The Morgan fingerprint density at radius 3 is 2.15 bits per heavy atom. The van der Waals surface area contributed by atoms with Gasteiger partial charge in [-0.05, 0) is 17.7 Å². The first-order valence-electron chi connectivity index (χ1n) is 7.77. The third-order valence-corrected chi connectivity index (χ3v) is 4.22. The Morgan fingerprint density at radius 1 is 0.769 bits per heavy atom. The van der Waals surface area contributed by atoms with Crippen LogP contribution in [0.1, 0.15) is 0 Å². The zero-order chi connectivity index (χ0) is 18.3. The average Bonchev–Trinajstić information content (AvgIpc) is 2.65. The molecule has 0 N–H and O–H groups in total. The second-order valence-corrected chi connectivity index (χ2v) is 5.75. The molecule has 0 bridgehead atoms. The summed E-state index contributed by atoms with van der Waals surface area (Å²) in [5.74, 6) is 0. The van der Waals surface area contributed by atoms with Gasteiger partial charge in [0, 0.05) is 16.8 Å². The van der Waals surface area contributed by atoms with Crippen molar-refractivity contribution >= 4 is 33.2 Å². The first-order valence-corrected chi connectivity index (χ1v) is 7.77. The monoisotopic (exact) mass is 345 g/mol. The zero-order valence-corrected chi connectivity index (χ0v) is 13.3. The lowest BCUT2D eigenvalue weighted by atomic mass is 9.96. The van der Waals surface area contributed by atoms with Crippen LogP contribution in [-0.2, 0) is 0 Å². The molecule has 4 aromatic rings. The standard InChI is InChI=1S/C19H11N3O4/c23-21(24)17-11-16-14(10-13-8-4-5-9-15(13)20-16)18(19(17)22(25)26)12-6-2-1-3-7-12/h1-11H. The molecule has 7 nitrogen and oxygen atoms in total. The number of nitro benzene ring substituents is 2. The van der Waals surface area contributed by atoms with Gasteiger partial charge in [-0.2, -0.15) is 0 Å². The smallest absolute Gasteiger partial charge is 0.258 e. The lowest BCUT2D eigenvalue weighted by molar-refractivity contribution is -0.421. The number of rotatable bonds is 3. The van der Waals surface area contributed by atoms with Crippen LogP contribution in [0.25, 0.3) is 32.9 Å². The van der Waals surface area contributed by atoms with E-state index in [9.17, 15) is 20.2 Å².